The predicted molar refractivity (Wildman–Crippen MR) is 160 cm³/mol. The number of phenolic OH excluding ortho intramolecular Hbond substituents is 1. The van der Waals surface area contributed by atoms with Crippen LogP contribution in [-0.2, 0) is 10.0 Å². The Labute approximate surface area is 248 Å². The fourth-order valence-corrected chi connectivity index (χ4v) is 7.53. The average Bonchev–Trinajstić information content (AvgIpc) is 3.23. The lowest BCUT2D eigenvalue weighted by Crippen LogP contribution is -2.41. The molecular weight excluding hydrogens is 554 g/mol. The first-order valence-corrected chi connectivity index (χ1v) is 15.7. The van der Waals surface area contributed by atoms with E-state index in [0.717, 1.165) is 6.42 Å². The van der Waals surface area contributed by atoms with Crippen LogP contribution in [0.1, 0.15) is 72.2 Å². The van der Waals surface area contributed by atoms with Gasteiger partial charge >= 0.3 is 0 Å². The number of phenols is 1. The van der Waals surface area contributed by atoms with Crippen LogP contribution in [0.4, 0.5) is 5.82 Å². The third-order valence-electron chi connectivity index (χ3n) is 9.48. The summed E-state index contributed by atoms with van der Waals surface area (Å²) in [6.45, 7) is 18.7. The number of sulfonamides is 1. The number of nitrogens with one attached hydrogen (secondary N) is 1. The van der Waals surface area contributed by atoms with Crippen molar-refractivity contribution in [1.29, 1.82) is 0 Å². The third kappa shape index (κ3) is 5.34. The Balaban J connectivity index is 1.45. The van der Waals surface area contributed by atoms with E-state index in [1.807, 2.05) is 0 Å². The van der Waals surface area contributed by atoms with E-state index in [-0.39, 0.29) is 38.0 Å². The molecule has 2 aliphatic rings. The van der Waals surface area contributed by atoms with Gasteiger partial charge in [-0.3, -0.25) is 4.79 Å². The number of amides is 1. The summed E-state index contributed by atoms with van der Waals surface area (Å²) in [5, 5.41) is 14.1. The van der Waals surface area contributed by atoms with Gasteiger partial charge < -0.3 is 14.7 Å². The molecule has 10 nitrogen and oxygen atoms in total. The highest BCUT2D eigenvalue weighted by Crippen LogP contribution is 2.68. The van der Waals surface area contributed by atoms with Crippen molar-refractivity contribution in [3.05, 3.63) is 54.2 Å². The molecule has 226 valence electrons. The van der Waals surface area contributed by atoms with Crippen molar-refractivity contribution < 1.29 is 23.1 Å². The van der Waals surface area contributed by atoms with Gasteiger partial charge in [-0.05, 0) is 72.9 Å². The molecule has 0 radical (unpaired) electrons. The van der Waals surface area contributed by atoms with Gasteiger partial charge in [0.25, 0.3) is 15.9 Å². The molecule has 42 heavy (non-hydrogen) atoms. The van der Waals surface area contributed by atoms with Crippen molar-refractivity contribution in [2.45, 2.75) is 72.2 Å². The number of aromatic hydroxyl groups is 1. The van der Waals surface area contributed by atoms with E-state index in [9.17, 15) is 18.3 Å². The second-order valence-electron chi connectivity index (χ2n) is 14.1. The van der Waals surface area contributed by atoms with Gasteiger partial charge in [0.2, 0.25) is 5.88 Å². The molecule has 5 rings (SSSR count). The summed E-state index contributed by atoms with van der Waals surface area (Å²) in [5.74, 6) is 0.897. The standard InChI is InChI=1S/C31H41N5O5S/c1-28(2)18-29(3,4)35(19-28)26-22(27(38)34-42(39,40)21-11-9-20(37)10-12-21)13-14-24(32-26)36-16-15-25(33-36)41-17-23-30(5,6)31(23,7)8/h9-16,23,37H,17-19H2,1-8H3,(H,34,38). The average molecular weight is 596 g/mol. The van der Waals surface area contributed by atoms with E-state index in [2.05, 4.69) is 70.1 Å². The van der Waals surface area contributed by atoms with E-state index >= 15 is 0 Å². The van der Waals surface area contributed by atoms with Crippen LogP contribution in [0.15, 0.2) is 53.6 Å². The molecular formula is C31H41N5O5S. The van der Waals surface area contributed by atoms with E-state index in [4.69, 9.17) is 9.72 Å². The number of nitrogens with zero attached hydrogens (tertiary/aromatic N) is 4. The quantitative estimate of drug-likeness (QED) is 0.365. The fraction of sp³-hybridized carbons (Fsp3) is 0.516. The zero-order valence-electron chi connectivity index (χ0n) is 25.6. The Bertz CT molecular complexity index is 1610. The number of benzene rings is 1. The lowest BCUT2D eigenvalue weighted by Gasteiger charge is -2.34. The maximum atomic E-state index is 13.5. The van der Waals surface area contributed by atoms with Crippen LogP contribution in [0.3, 0.4) is 0 Å². The summed E-state index contributed by atoms with van der Waals surface area (Å²) < 4.78 is 35.8. The van der Waals surface area contributed by atoms with Crippen LogP contribution in [0.25, 0.3) is 5.82 Å². The summed E-state index contributed by atoms with van der Waals surface area (Å²) in [6.07, 6.45) is 2.62. The zero-order valence-corrected chi connectivity index (χ0v) is 26.4. The van der Waals surface area contributed by atoms with Gasteiger partial charge in [-0.1, -0.05) is 41.5 Å². The minimum absolute atomic E-state index is 0.0515. The van der Waals surface area contributed by atoms with Crippen LogP contribution in [-0.4, -0.2) is 52.9 Å². The van der Waals surface area contributed by atoms with Crippen molar-refractivity contribution in [3.63, 3.8) is 0 Å². The number of pyridine rings is 1. The smallest absolute Gasteiger partial charge is 0.268 e. The summed E-state index contributed by atoms with van der Waals surface area (Å²) in [7, 11) is -4.19. The van der Waals surface area contributed by atoms with Gasteiger partial charge in [-0.15, -0.1) is 5.10 Å². The van der Waals surface area contributed by atoms with E-state index in [1.165, 1.54) is 24.3 Å². The van der Waals surface area contributed by atoms with Crippen LogP contribution < -0.4 is 14.4 Å². The minimum atomic E-state index is -4.19. The molecule has 1 aliphatic heterocycles. The van der Waals surface area contributed by atoms with Crippen molar-refractivity contribution in [2.75, 3.05) is 18.1 Å². The molecule has 1 saturated heterocycles. The lowest BCUT2D eigenvalue weighted by atomic mass is 9.86. The number of anilines is 1. The van der Waals surface area contributed by atoms with Gasteiger partial charge in [0.1, 0.15) is 11.6 Å². The highest BCUT2D eigenvalue weighted by molar-refractivity contribution is 7.90. The number of carbonyl (C=O) groups is 1. The Kier molecular flexibility index (Phi) is 6.91. The molecule has 0 spiro atoms. The number of ether oxygens (including phenoxy) is 1. The molecule has 1 saturated carbocycles. The molecule has 0 bridgehead atoms. The van der Waals surface area contributed by atoms with Crippen LogP contribution in [0.2, 0.25) is 0 Å². The van der Waals surface area contributed by atoms with Crippen LogP contribution >= 0.6 is 0 Å². The lowest BCUT2D eigenvalue weighted by molar-refractivity contribution is 0.0981. The second kappa shape index (κ2) is 9.72. The Morgan fingerprint density at radius 2 is 1.64 bits per heavy atom. The highest BCUT2D eigenvalue weighted by atomic mass is 32.2. The molecule has 2 N–H and O–H groups in total. The van der Waals surface area contributed by atoms with Crippen molar-refractivity contribution in [1.82, 2.24) is 19.5 Å². The summed E-state index contributed by atoms with van der Waals surface area (Å²) >= 11 is 0. The first kappa shape index (κ1) is 29.9. The van der Waals surface area contributed by atoms with Crippen molar-refractivity contribution in [3.8, 4) is 17.4 Å². The molecule has 2 fully saturated rings. The summed E-state index contributed by atoms with van der Waals surface area (Å²) in [5.41, 5.74) is 0.142. The Morgan fingerprint density at radius 1 is 1.00 bits per heavy atom. The van der Waals surface area contributed by atoms with Gasteiger partial charge in [-0.25, -0.2) is 22.8 Å². The largest absolute Gasteiger partial charge is 0.508 e. The van der Waals surface area contributed by atoms with Gasteiger partial charge in [0.15, 0.2) is 5.82 Å². The first-order chi connectivity index (χ1) is 19.3. The molecule has 1 amide bonds. The third-order valence-corrected chi connectivity index (χ3v) is 10.8. The summed E-state index contributed by atoms with van der Waals surface area (Å²) in [6, 6.07) is 10.00. The molecule has 3 heterocycles. The van der Waals surface area contributed by atoms with Gasteiger partial charge in [-0.2, -0.15) is 0 Å². The van der Waals surface area contributed by atoms with Gasteiger partial charge in [0, 0.05) is 30.3 Å². The predicted octanol–water partition coefficient (Wildman–Crippen LogP) is 5.17. The number of carbonyl (C=O) groups excluding carboxylic acids is 1. The van der Waals surface area contributed by atoms with Gasteiger partial charge in [0.05, 0.1) is 17.1 Å². The summed E-state index contributed by atoms with van der Waals surface area (Å²) in [4.78, 5) is 20.3. The molecule has 0 unspecified atom stereocenters. The molecule has 1 aromatic carbocycles. The number of hydrogen-bond acceptors (Lipinski definition) is 8. The normalized spacial score (nSPS) is 20.3. The second-order valence-corrected chi connectivity index (χ2v) is 15.8. The van der Waals surface area contributed by atoms with Crippen LogP contribution in [0, 0.1) is 22.2 Å². The first-order valence-electron chi connectivity index (χ1n) is 14.2. The Morgan fingerprint density at radius 3 is 2.21 bits per heavy atom. The molecule has 3 aromatic rings. The number of aromatic nitrogens is 3. The Hall–Kier alpha value is -3.60. The molecule has 0 atom stereocenters. The fourth-order valence-electron chi connectivity index (χ4n) is 6.57. The maximum absolute atomic E-state index is 13.5. The number of hydrogen-bond donors (Lipinski definition) is 2. The molecule has 11 heteroatoms. The van der Waals surface area contributed by atoms with Crippen molar-refractivity contribution in [2.24, 2.45) is 22.2 Å². The molecule has 1 aliphatic carbocycles. The topological polar surface area (TPSA) is 127 Å². The maximum Gasteiger partial charge on any atom is 0.268 e. The zero-order chi connectivity index (χ0) is 30.9. The highest BCUT2D eigenvalue weighted by Gasteiger charge is 2.64. The molecule has 2 aromatic heterocycles. The van der Waals surface area contributed by atoms with E-state index < -0.39 is 15.9 Å². The van der Waals surface area contributed by atoms with Crippen molar-refractivity contribution >= 4 is 21.7 Å². The van der Waals surface area contributed by atoms with E-state index in [1.54, 1.807) is 29.1 Å². The SMILES string of the molecule is CC1(C)CN(c2nc(-n3ccc(OCC4C(C)(C)C4(C)C)n3)ccc2C(=O)NS(=O)(=O)c2ccc(O)cc2)C(C)(C)C1. The van der Waals surface area contributed by atoms with Crippen LogP contribution in [0.5, 0.6) is 11.6 Å². The minimum Gasteiger partial charge on any atom is -0.508 e. The number of rotatable bonds is 8. The monoisotopic (exact) mass is 595 g/mol. The van der Waals surface area contributed by atoms with E-state index in [0.29, 0.717) is 36.6 Å².